The van der Waals surface area contributed by atoms with E-state index in [2.05, 4.69) is 5.32 Å². The van der Waals surface area contributed by atoms with E-state index in [4.69, 9.17) is 21.1 Å². The van der Waals surface area contributed by atoms with E-state index in [1.165, 1.54) is 12.1 Å². The van der Waals surface area contributed by atoms with Crippen molar-refractivity contribution in [3.8, 4) is 22.6 Å². The van der Waals surface area contributed by atoms with E-state index >= 15 is 0 Å². The van der Waals surface area contributed by atoms with Crippen LogP contribution >= 0.6 is 11.6 Å². The Morgan fingerprint density at radius 2 is 1.69 bits per heavy atom. The number of hydrogen-bond acceptors (Lipinski definition) is 4. The van der Waals surface area contributed by atoms with Gasteiger partial charge < -0.3 is 19.7 Å². The first kappa shape index (κ1) is 23.4. The molecular weight excluding hydrogens is 431 g/mol. The summed E-state index contributed by atoms with van der Waals surface area (Å²) in [7, 11) is 6.63. The van der Waals surface area contributed by atoms with Crippen LogP contribution in [0.2, 0.25) is 5.02 Å². The second kappa shape index (κ2) is 9.92. The van der Waals surface area contributed by atoms with Crippen molar-refractivity contribution in [2.24, 2.45) is 0 Å². The Morgan fingerprint density at radius 1 is 1.03 bits per heavy atom. The van der Waals surface area contributed by atoms with Crippen LogP contribution in [0.25, 0.3) is 11.1 Å². The zero-order valence-corrected chi connectivity index (χ0v) is 19.5. The van der Waals surface area contributed by atoms with Gasteiger partial charge in [-0.15, -0.1) is 0 Å². The van der Waals surface area contributed by atoms with Gasteiger partial charge in [-0.05, 0) is 60.0 Å². The average Bonchev–Trinajstić information content (AvgIpc) is 2.77. The normalized spacial score (nSPS) is 10.6. The summed E-state index contributed by atoms with van der Waals surface area (Å²) in [6.45, 7) is 2.16. The van der Waals surface area contributed by atoms with Gasteiger partial charge in [-0.3, -0.25) is 4.79 Å². The summed E-state index contributed by atoms with van der Waals surface area (Å²) in [4.78, 5) is 15.0. The molecule has 1 N–H and O–H groups in total. The van der Waals surface area contributed by atoms with Gasteiger partial charge in [0.2, 0.25) is 0 Å². The van der Waals surface area contributed by atoms with Crippen LogP contribution in [0.4, 0.5) is 10.1 Å². The average molecular weight is 457 g/mol. The Morgan fingerprint density at radius 3 is 2.25 bits per heavy atom. The van der Waals surface area contributed by atoms with Gasteiger partial charge in [-0.1, -0.05) is 17.7 Å². The van der Waals surface area contributed by atoms with Crippen molar-refractivity contribution < 1.29 is 18.7 Å². The van der Waals surface area contributed by atoms with Gasteiger partial charge >= 0.3 is 0 Å². The fraction of sp³-hybridized carbons (Fsp3) is 0.240. The summed E-state index contributed by atoms with van der Waals surface area (Å²) in [5.74, 6) is 0.768. The number of benzene rings is 3. The Balaban J connectivity index is 2.00. The van der Waals surface area contributed by atoms with E-state index in [9.17, 15) is 9.18 Å². The van der Waals surface area contributed by atoms with Crippen LogP contribution < -0.4 is 14.8 Å². The lowest BCUT2D eigenvalue weighted by Crippen LogP contribution is -2.27. The molecule has 0 bridgehead atoms. The second-order valence-corrected chi connectivity index (χ2v) is 7.90. The molecule has 0 spiro atoms. The molecule has 0 fully saturated rings. The lowest BCUT2D eigenvalue weighted by molar-refractivity contribution is 0.0786. The summed E-state index contributed by atoms with van der Waals surface area (Å²) in [6, 6.07) is 13.5. The summed E-state index contributed by atoms with van der Waals surface area (Å²) in [5.41, 5.74) is 4.20. The number of methoxy groups -OCH3 is 2. The fourth-order valence-corrected chi connectivity index (χ4v) is 3.91. The number of rotatable bonds is 7. The maximum Gasteiger partial charge on any atom is 0.256 e. The molecule has 0 aliphatic rings. The van der Waals surface area contributed by atoms with E-state index in [0.29, 0.717) is 34.3 Å². The van der Waals surface area contributed by atoms with Gasteiger partial charge in [0.05, 0.1) is 25.5 Å². The first-order valence-electron chi connectivity index (χ1n) is 10.0. The van der Waals surface area contributed by atoms with E-state index in [0.717, 1.165) is 22.3 Å². The van der Waals surface area contributed by atoms with E-state index in [-0.39, 0.29) is 11.7 Å². The first-order valence-corrected chi connectivity index (χ1v) is 10.4. The van der Waals surface area contributed by atoms with Crippen LogP contribution in [0.5, 0.6) is 11.5 Å². The third-order valence-electron chi connectivity index (χ3n) is 5.24. The minimum Gasteiger partial charge on any atom is -0.497 e. The molecule has 0 saturated heterocycles. The highest BCUT2D eigenvalue weighted by Gasteiger charge is 2.21. The molecule has 3 aromatic carbocycles. The van der Waals surface area contributed by atoms with Crippen LogP contribution in [0.3, 0.4) is 0 Å². The van der Waals surface area contributed by atoms with Gasteiger partial charge in [-0.2, -0.15) is 0 Å². The smallest absolute Gasteiger partial charge is 0.256 e. The SMILES string of the molecule is CNc1c(C(=O)N(C)Cc2cc(OC)cc(OC)c2)cc(Cl)cc1-c1ccc(F)cc1C. The lowest BCUT2D eigenvalue weighted by Gasteiger charge is -2.22. The molecule has 1 amide bonds. The molecule has 168 valence electrons. The molecule has 0 aliphatic heterocycles. The van der Waals surface area contributed by atoms with E-state index in [1.54, 1.807) is 57.5 Å². The van der Waals surface area contributed by atoms with Crippen LogP contribution in [0.1, 0.15) is 21.5 Å². The molecule has 7 heteroatoms. The molecule has 5 nitrogen and oxygen atoms in total. The minimum absolute atomic E-state index is 0.209. The van der Waals surface area contributed by atoms with E-state index in [1.807, 2.05) is 19.1 Å². The van der Waals surface area contributed by atoms with Gasteiger partial charge in [0, 0.05) is 37.3 Å². The monoisotopic (exact) mass is 456 g/mol. The van der Waals surface area contributed by atoms with Gasteiger partial charge in [0.25, 0.3) is 5.91 Å². The Labute approximate surface area is 192 Å². The second-order valence-electron chi connectivity index (χ2n) is 7.47. The molecule has 0 saturated carbocycles. The maximum atomic E-state index is 13.6. The number of halogens is 2. The molecule has 0 aliphatic carbocycles. The van der Waals surface area contributed by atoms with Crippen molar-refractivity contribution in [2.45, 2.75) is 13.5 Å². The maximum absolute atomic E-state index is 13.6. The number of nitrogens with zero attached hydrogens (tertiary/aromatic N) is 1. The van der Waals surface area contributed by atoms with Gasteiger partial charge in [-0.25, -0.2) is 4.39 Å². The van der Waals surface area contributed by atoms with Crippen LogP contribution in [-0.4, -0.2) is 39.1 Å². The van der Waals surface area contributed by atoms with Crippen molar-refractivity contribution in [3.05, 3.63) is 76.1 Å². The number of ether oxygens (including phenoxy) is 2. The predicted molar refractivity (Wildman–Crippen MR) is 126 cm³/mol. The number of carbonyl (C=O) groups excluding carboxylic acids is 1. The third-order valence-corrected chi connectivity index (χ3v) is 5.46. The predicted octanol–water partition coefficient (Wildman–Crippen LogP) is 5.79. The molecule has 0 radical (unpaired) electrons. The van der Waals surface area contributed by atoms with E-state index < -0.39 is 0 Å². The van der Waals surface area contributed by atoms with Crippen LogP contribution in [0.15, 0.2) is 48.5 Å². The van der Waals surface area contributed by atoms with Crippen molar-refractivity contribution in [1.82, 2.24) is 4.90 Å². The molecule has 3 aromatic rings. The largest absolute Gasteiger partial charge is 0.497 e. The molecule has 32 heavy (non-hydrogen) atoms. The summed E-state index contributed by atoms with van der Waals surface area (Å²) >= 11 is 6.39. The van der Waals surface area contributed by atoms with Crippen molar-refractivity contribution in [2.75, 3.05) is 33.6 Å². The highest BCUT2D eigenvalue weighted by atomic mass is 35.5. The first-order chi connectivity index (χ1) is 15.3. The molecule has 0 unspecified atom stereocenters. The topological polar surface area (TPSA) is 50.8 Å². The van der Waals surface area contributed by atoms with Crippen molar-refractivity contribution in [3.63, 3.8) is 0 Å². The molecule has 0 heterocycles. The Hall–Kier alpha value is -3.25. The highest BCUT2D eigenvalue weighted by Crippen LogP contribution is 2.36. The van der Waals surface area contributed by atoms with Crippen molar-refractivity contribution >= 4 is 23.2 Å². The third kappa shape index (κ3) is 4.97. The zero-order chi connectivity index (χ0) is 23.4. The lowest BCUT2D eigenvalue weighted by atomic mass is 9.95. The summed E-state index contributed by atoms with van der Waals surface area (Å²) < 4.78 is 24.3. The number of hydrogen-bond donors (Lipinski definition) is 1. The van der Waals surface area contributed by atoms with Gasteiger partial charge in [0.1, 0.15) is 17.3 Å². The number of aryl methyl sites for hydroxylation is 1. The summed E-state index contributed by atoms with van der Waals surface area (Å²) in [5, 5.41) is 3.55. The van der Waals surface area contributed by atoms with Crippen LogP contribution in [-0.2, 0) is 6.54 Å². The fourth-order valence-electron chi connectivity index (χ4n) is 3.70. The molecule has 3 rings (SSSR count). The van der Waals surface area contributed by atoms with Crippen LogP contribution in [0, 0.1) is 12.7 Å². The Bertz CT molecular complexity index is 1130. The number of carbonyl (C=O) groups is 1. The quantitative estimate of drug-likeness (QED) is 0.489. The number of amides is 1. The minimum atomic E-state index is -0.316. The number of nitrogens with one attached hydrogen (secondary N) is 1. The number of anilines is 1. The standard InChI is InChI=1S/C25H26ClFN2O3/c1-15-8-18(27)6-7-21(15)22-11-17(26)12-23(24(22)28-2)25(30)29(3)14-16-9-19(31-4)13-20(10-16)32-5/h6-13,28H,14H2,1-5H3. The molecule has 0 atom stereocenters. The van der Waals surface area contributed by atoms with Gasteiger partial charge in [0.15, 0.2) is 0 Å². The molecule has 0 aromatic heterocycles. The summed E-state index contributed by atoms with van der Waals surface area (Å²) in [6.07, 6.45) is 0. The van der Waals surface area contributed by atoms with Crippen molar-refractivity contribution in [1.29, 1.82) is 0 Å². The highest BCUT2D eigenvalue weighted by molar-refractivity contribution is 6.31. The zero-order valence-electron chi connectivity index (χ0n) is 18.8. The Kier molecular flexibility index (Phi) is 7.26. The molecular formula is C25H26ClFN2O3.